The lowest BCUT2D eigenvalue weighted by Gasteiger charge is -2.61. The highest BCUT2D eigenvalue weighted by Gasteiger charge is 2.65. The van der Waals surface area contributed by atoms with Gasteiger partial charge in [-0.1, -0.05) is 32.0 Å². The van der Waals surface area contributed by atoms with Crippen molar-refractivity contribution in [1.29, 1.82) is 0 Å². The molecule has 0 spiro atoms. The Balaban J connectivity index is 1.51. The Hall–Kier alpha value is -1.97. The number of benzene rings is 1. The summed E-state index contributed by atoms with van der Waals surface area (Å²) >= 11 is 0. The van der Waals surface area contributed by atoms with Gasteiger partial charge in [0.25, 0.3) is 0 Å². The van der Waals surface area contributed by atoms with E-state index in [1.165, 1.54) is 0 Å². The number of ether oxygens (including phenoxy) is 1. The summed E-state index contributed by atoms with van der Waals surface area (Å²) in [7, 11) is 0. The summed E-state index contributed by atoms with van der Waals surface area (Å²) in [5.74, 6) is 2.19. The third-order valence-corrected chi connectivity index (χ3v) is 10.3. The summed E-state index contributed by atoms with van der Waals surface area (Å²) in [5.41, 5.74) is 0.401. The molecule has 0 bridgehead atoms. The van der Waals surface area contributed by atoms with E-state index in [0.717, 1.165) is 38.5 Å². The molecule has 0 heterocycles. The zero-order valence-electron chi connectivity index (χ0n) is 19.6. The van der Waals surface area contributed by atoms with Crippen molar-refractivity contribution in [2.24, 2.45) is 40.4 Å². The molecular weight excluding hydrogens is 400 g/mol. The lowest BCUT2D eigenvalue weighted by Crippen LogP contribution is -2.59. The molecule has 4 aliphatic rings. The van der Waals surface area contributed by atoms with E-state index in [-0.39, 0.29) is 34.6 Å². The average Bonchev–Trinajstić information content (AvgIpc) is 3.14. The number of hydrogen-bond acceptors (Lipinski definition) is 4. The van der Waals surface area contributed by atoms with E-state index in [1.54, 1.807) is 19.1 Å². The van der Waals surface area contributed by atoms with Crippen LogP contribution in [0.25, 0.3) is 0 Å². The van der Waals surface area contributed by atoms with Crippen molar-refractivity contribution in [1.82, 2.24) is 0 Å². The van der Waals surface area contributed by atoms with Gasteiger partial charge in [0.15, 0.2) is 0 Å². The predicted octanol–water partition coefficient (Wildman–Crippen LogP) is 5.64. The smallest absolute Gasteiger partial charge is 0.338 e. The number of Topliss-reactive ketones (excluding diaryl/α,β-unsaturated/α-hetero) is 2. The maximum Gasteiger partial charge on any atom is 0.338 e. The van der Waals surface area contributed by atoms with Gasteiger partial charge in [0.05, 0.1) is 5.56 Å². The molecule has 0 aromatic heterocycles. The second-order valence-electron chi connectivity index (χ2n) is 11.5. The minimum absolute atomic E-state index is 0.0412. The van der Waals surface area contributed by atoms with Crippen molar-refractivity contribution in [2.75, 3.05) is 0 Å². The molecule has 4 saturated carbocycles. The molecule has 4 fully saturated rings. The van der Waals surface area contributed by atoms with Gasteiger partial charge in [0.2, 0.25) is 0 Å². The quantitative estimate of drug-likeness (QED) is 0.576. The van der Waals surface area contributed by atoms with Crippen LogP contribution in [0.3, 0.4) is 0 Å². The summed E-state index contributed by atoms with van der Waals surface area (Å²) in [5, 5.41) is 0. The largest absolute Gasteiger partial charge is 0.458 e. The fourth-order valence-electron chi connectivity index (χ4n) is 8.59. The minimum atomic E-state index is -0.300. The highest BCUT2D eigenvalue weighted by atomic mass is 16.5. The number of hydrogen-bond donors (Lipinski definition) is 0. The molecule has 4 nitrogen and oxygen atoms in total. The van der Waals surface area contributed by atoms with E-state index in [4.69, 9.17) is 4.74 Å². The topological polar surface area (TPSA) is 60.4 Å². The summed E-state index contributed by atoms with van der Waals surface area (Å²) < 4.78 is 6.31. The monoisotopic (exact) mass is 436 g/mol. The second kappa shape index (κ2) is 7.81. The first-order valence-electron chi connectivity index (χ1n) is 12.5. The Morgan fingerprint density at radius 1 is 1.00 bits per heavy atom. The molecule has 0 unspecified atom stereocenters. The Kier molecular flexibility index (Phi) is 5.34. The van der Waals surface area contributed by atoms with Crippen LogP contribution in [0.2, 0.25) is 0 Å². The zero-order chi connectivity index (χ0) is 22.7. The SMILES string of the molecule is CC(=O)[C@@H]1CC[C@@H]2[C@H]3CC[C@H]4CC(=O)CC[C@]4(C)[C@@H]3C[C@H](OC(=O)c3ccccc3)[C@@]21C. The molecule has 8 atom stereocenters. The third-order valence-electron chi connectivity index (χ3n) is 10.3. The molecule has 1 aromatic carbocycles. The number of ketones is 2. The van der Waals surface area contributed by atoms with Gasteiger partial charge >= 0.3 is 5.97 Å². The van der Waals surface area contributed by atoms with Gasteiger partial charge < -0.3 is 4.74 Å². The molecule has 4 aliphatic carbocycles. The second-order valence-corrected chi connectivity index (χ2v) is 11.5. The molecule has 4 heteroatoms. The van der Waals surface area contributed by atoms with Crippen LogP contribution in [-0.4, -0.2) is 23.6 Å². The summed E-state index contributed by atoms with van der Waals surface area (Å²) in [4.78, 5) is 38.1. The fourth-order valence-corrected chi connectivity index (χ4v) is 8.59. The highest BCUT2D eigenvalue weighted by molar-refractivity contribution is 5.89. The summed E-state index contributed by atoms with van der Waals surface area (Å²) in [6, 6.07) is 9.22. The van der Waals surface area contributed by atoms with Gasteiger partial charge in [-0.2, -0.15) is 0 Å². The zero-order valence-corrected chi connectivity index (χ0v) is 19.6. The van der Waals surface area contributed by atoms with Crippen molar-refractivity contribution in [3.8, 4) is 0 Å². The van der Waals surface area contributed by atoms with Crippen LogP contribution in [0, 0.1) is 40.4 Å². The van der Waals surface area contributed by atoms with Crippen LogP contribution in [0.4, 0.5) is 0 Å². The van der Waals surface area contributed by atoms with Crippen molar-refractivity contribution in [3.63, 3.8) is 0 Å². The first-order chi connectivity index (χ1) is 15.2. The van der Waals surface area contributed by atoms with Crippen molar-refractivity contribution >= 4 is 17.5 Å². The molecular formula is C28H36O4. The van der Waals surface area contributed by atoms with Gasteiger partial charge in [0, 0.05) is 24.2 Å². The van der Waals surface area contributed by atoms with Crippen LogP contribution < -0.4 is 0 Å². The van der Waals surface area contributed by atoms with Crippen LogP contribution in [-0.2, 0) is 14.3 Å². The fraction of sp³-hybridized carbons (Fsp3) is 0.679. The van der Waals surface area contributed by atoms with Crippen molar-refractivity contribution in [3.05, 3.63) is 35.9 Å². The van der Waals surface area contributed by atoms with Gasteiger partial charge in [-0.25, -0.2) is 4.79 Å². The van der Waals surface area contributed by atoms with Crippen molar-refractivity contribution in [2.45, 2.75) is 78.2 Å². The van der Waals surface area contributed by atoms with Gasteiger partial charge in [0.1, 0.15) is 17.7 Å². The summed E-state index contributed by atoms with van der Waals surface area (Å²) in [6.07, 6.45) is 7.12. The van der Waals surface area contributed by atoms with Crippen molar-refractivity contribution < 1.29 is 19.1 Å². The van der Waals surface area contributed by atoms with E-state index in [2.05, 4.69) is 13.8 Å². The first-order valence-corrected chi connectivity index (χ1v) is 12.5. The van der Waals surface area contributed by atoms with Gasteiger partial charge in [-0.15, -0.1) is 0 Å². The minimum Gasteiger partial charge on any atom is -0.458 e. The molecule has 0 radical (unpaired) electrons. The molecule has 0 saturated heterocycles. The number of rotatable bonds is 3. The predicted molar refractivity (Wildman–Crippen MR) is 122 cm³/mol. The maximum atomic E-state index is 13.1. The number of carbonyl (C=O) groups is 3. The molecule has 1 aromatic rings. The van der Waals surface area contributed by atoms with Crippen LogP contribution in [0.5, 0.6) is 0 Å². The molecule has 172 valence electrons. The Morgan fingerprint density at radius 2 is 1.75 bits per heavy atom. The van der Waals surface area contributed by atoms with E-state index in [0.29, 0.717) is 47.9 Å². The standard InChI is InChI=1S/C28H36O4/c1-17(29)22-11-12-23-21-10-9-19-15-20(30)13-14-27(19,2)24(21)16-25(28(22,23)3)32-26(31)18-7-5-4-6-8-18/h4-8,19,21-25H,9-16H2,1-3H3/t19-,21+,22-,23+,24+,25-,27-,28+/m0/s1. The Morgan fingerprint density at radius 3 is 2.47 bits per heavy atom. The lowest BCUT2D eigenvalue weighted by molar-refractivity contribution is -0.171. The molecule has 5 rings (SSSR count). The molecule has 32 heavy (non-hydrogen) atoms. The average molecular weight is 437 g/mol. The molecule has 0 aliphatic heterocycles. The van der Waals surface area contributed by atoms with E-state index in [9.17, 15) is 14.4 Å². The van der Waals surface area contributed by atoms with E-state index >= 15 is 0 Å². The molecule has 0 amide bonds. The summed E-state index contributed by atoms with van der Waals surface area (Å²) in [6.45, 7) is 6.34. The van der Waals surface area contributed by atoms with Gasteiger partial charge in [-0.3, -0.25) is 9.59 Å². The van der Waals surface area contributed by atoms with Crippen LogP contribution >= 0.6 is 0 Å². The number of esters is 1. The Labute approximate surface area is 191 Å². The third kappa shape index (κ3) is 3.20. The highest BCUT2D eigenvalue weighted by Crippen LogP contribution is 2.67. The lowest BCUT2D eigenvalue weighted by atomic mass is 9.44. The van der Waals surface area contributed by atoms with E-state index < -0.39 is 0 Å². The number of fused-ring (bicyclic) bond motifs is 5. The first kappa shape index (κ1) is 21.9. The normalized spacial score (nSPS) is 43.0. The molecule has 0 N–H and O–H groups in total. The number of carbonyl (C=O) groups excluding carboxylic acids is 3. The maximum absolute atomic E-state index is 13.1. The van der Waals surface area contributed by atoms with Crippen LogP contribution in [0.15, 0.2) is 30.3 Å². The van der Waals surface area contributed by atoms with Gasteiger partial charge in [-0.05, 0) is 86.7 Å². The van der Waals surface area contributed by atoms with E-state index in [1.807, 2.05) is 18.2 Å². The van der Waals surface area contributed by atoms with Crippen LogP contribution in [0.1, 0.15) is 82.5 Å². The Bertz CT molecular complexity index is 923.